The van der Waals surface area contributed by atoms with Gasteiger partial charge >= 0.3 is 0 Å². The summed E-state index contributed by atoms with van der Waals surface area (Å²) in [5, 5.41) is 16.1. The standard InChI is InChI=1S/C16H22N4O3.CH2O2/c1-4-13-11(2)9-12(15(22)19(13)3)16(23)20(7-8-21)10-14-17-5-6-18-14;2-1-3/h5-6,9,21H,4,7-8,10H2,1-3H3,(H,17,18);1H,(H,2,3). The van der Waals surface area contributed by atoms with Gasteiger partial charge in [-0.15, -0.1) is 0 Å². The first-order valence-electron chi connectivity index (χ1n) is 8.06. The lowest BCUT2D eigenvalue weighted by atomic mass is 10.1. The molecule has 0 fully saturated rings. The van der Waals surface area contributed by atoms with Crippen molar-refractivity contribution in [2.24, 2.45) is 7.05 Å². The van der Waals surface area contributed by atoms with Gasteiger partial charge in [0.2, 0.25) is 0 Å². The predicted molar refractivity (Wildman–Crippen MR) is 94.9 cm³/mol. The molecule has 0 radical (unpaired) electrons. The number of aryl methyl sites for hydroxylation is 1. The van der Waals surface area contributed by atoms with E-state index in [4.69, 9.17) is 9.90 Å². The monoisotopic (exact) mass is 364 g/mol. The third kappa shape index (κ3) is 5.03. The summed E-state index contributed by atoms with van der Waals surface area (Å²) in [6.45, 7) is 3.77. The van der Waals surface area contributed by atoms with E-state index in [9.17, 15) is 14.7 Å². The number of aliphatic hydroxyl groups excluding tert-OH is 1. The third-order valence-corrected chi connectivity index (χ3v) is 3.87. The van der Waals surface area contributed by atoms with Gasteiger partial charge in [0, 0.05) is 31.7 Å². The lowest BCUT2D eigenvalue weighted by Crippen LogP contribution is -2.38. The lowest BCUT2D eigenvalue weighted by molar-refractivity contribution is -0.122. The largest absolute Gasteiger partial charge is 0.483 e. The van der Waals surface area contributed by atoms with Crippen LogP contribution < -0.4 is 5.56 Å². The minimum absolute atomic E-state index is 0.113. The first kappa shape index (κ1) is 21.1. The van der Waals surface area contributed by atoms with Crippen LogP contribution in [0.25, 0.3) is 0 Å². The molecule has 1 amide bonds. The molecule has 0 bridgehead atoms. The summed E-state index contributed by atoms with van der Waals surface area (Å²) >= 11 is 0. The summed E-state index contributed by atoms with van der Waals surface area (Å²) < 4.78 is 1.52. The highest BCUT2D eigenvalue weighted by molar-refractivity contribution is 5.94. The van der Waals surface area contributed by atoms with E-state index in [1.807, 2.05) is 13.8 Å². The Labute approximate surface area is 150 Å². The molecule has 3 N–H and O–H groups in total. The van der Waals surface area contributed by atoms with Crippen LogP contribution in [0.5, 0.6) is 0 Å². The molecule has 0 aliphatic rings. The van der Waals surface area contributed by atoms with Crippen molar-refractivity contribution in [1.29, 1.82) is 0 Å². The van der Waals surface area contributed by atoms with E-state index in [-0.39, 0.29) is 37.3 Å². The summed E-state index contributed by atoms with van der Waals surface area (Å²) in [7, 11) is 1.67. The van der Waals surface area contributed by atoms with Gasteiger partial charge in [0.15, 0.2) is 0 Å². The molecule has 0 aromatic carbocycles. The van der Waals surface area contributed by atoms with Crippen molar-refractivity contribution in [3.05, 3.63) is 51.5 Å². The van der Waals surface area contributed by atoms with Gasteiger partial charge in [-0.3, -0.25) is 14.4 Å². The number of aromatic nitrogens is 3. The fraction of sp³-hybridized carbons (Fsp3) is 0.412. The number of carboxylic acid groups (broad SMARTS) is 1. The number of hydrogen-bond donors (Lipinski definition) is 3. The first-order valence-corrected chi connectivity index (χ1v) is 8.06. The van der Waals surface area contributed by atoms with Gasteiger partial charge in [-0.2, -0.15) is 0 Å². The second kappa shape index (κ2) is 10.1. The van der Waals surface area contributed by atoms with E-state index in [1.54, 1.807) is 25.5 Å². The zero-order valence-electron chi connectivity index (χ0n) is 15.1. The van der Waals surface area contributed by atoms with E-state index in [0.717, 1.165) is 17.7 Å². The molecule has 0 aliphatic heterocycles. The van der Waals surface area contributed by atoms with Gasteiger partial charge < -0.3 is 24.7 Å². The van der Waals surface area contributed by atoms with Crippen molar-refractivity contribution in [2.45, 2.75) is 26.8 Å². The second-order valence-corrected chi connectivity index (χ2v) is 5.50. The summed E-state index contributed by atoms with van der Waals surface area (Å²) in [4.78, 5) is 42.0. The Kier molecular flexibility index (Phi) is 8.23. The van der Waals surface area contributed by atoms with Gasteiger partial charge in [-0.25, -0.2) is 4.98 Å². The van der Waals surface area contributed by atoms with Crippen LogP contribution in [0.3, 0.4) is 0 Å². The number of carbonyl (C=O) groups excluding carboxylic acids is 1. The Morgan fingerprint density at radius 2 is 2.12 bits per heavy atom. The van der Waals surface area contributed by atoms with Crippen LogP contribution in [0.2, 0.25) is 0 Å². The number of pyridine rings is 1. The van der Waals surface area contributed by atoms with Crippen LogP contribution in [0, 0.1) is 6.92 Å². The Bertz CT molecular complexity index is 783. The van der Waals surface area contributed by atoms with E-state index in [2.05, 4.69) is 9.97 Å². The van der Waals surface area contributed by atoms with Crippen LogP contribution in [0.15, 0.2) is 23.3 Å². The zero-order chi connectivity index (χ0) is 19.7. The molecule has 0 spiro atoms. The van der Waals surface area contributed by atoms with Crippen LogP contribution in [-0.4, -0.2) is 55.2 Å². The van der Waals surface area contributed by atoms with Crippen molar-refractivity contribution in [1.82, 2.24) is 19.4 Å². The van der Waals surface area contributed by atoms with Gasteiger partial charge in [-0.1, -0.05) is 6.92 Å². The molecule has 0 aliphatic carbocycles. The van der Waals surface area contributed by atoms with Crippen LogP contribution >= 0.6 is 0 Å². The average Bonchev–Trinajstić information content (AvgIpc) is 3.11. The Morgan fingerprint density at radius 1 is 1.46 bits per heavy atom. The molecule has 9 nitrogen and oxygen atoms in total. The van der Waals surface area contributed by atoms with Crippen LogP contribution in [0.4, 0.5) is 0 Å². The molecule has 0 saturated carbocycles. The number of rotatable bonds is 6. The molecule has 9 heteroatoms. The molecule has 0 atom stereocenters. The maximum absolute atomic E-state index is 12.7. The summed E-state index contributed by atoms with van der Waals surface area (Å²) in [6.07, 6.45) is 3.98. The number of nitrogens with one attached hydrogen (secondary N) is 1. The molecule has 26 heavy (non-hydrogen) atoms. The molecule has 2 aromatic heterocycles. The first-order chi connectivity index (χ1) is 12.4. The van der Waals surface area contributed by atoms with Crippen molar-refractivity contribution in [2.75, 3.05) is 13.2 Å². The number of nitrogens with zero attached hydrogens (tertiary/aromatic N) is 3. The number of carbonyl (C=O) groups is 2. The highest BCUT2D eigenvalue weighted by Gasteiger charge is 2.21. The minimum Gasteiger partial charge on any atom is -0.483 e. The fourth-order valence-electron chi connectivity index (χ4n) is 2.71. The van der Waals surface area contributed by atoms with Gasteiger partial charge in [0.1, 0.15) is 11.4 Å². The highest BCUT2D eigenvalue weighted by Crippen LogP contribution is 2.11. The molecular weight excluding hydrogens is 340 g/mol. The SMILES string of the molecule is CCc1c(C)cc(C(=O)N(CCO)Cc2ncc[nH]2)c(=O)n1C.O=CO. The predicted octanol–water partition coefficient (Wildman–Crippen LogP) is 0.315. The Balaban J connectivity index is 0.00000105. The number of amides is 1. The second-order valence-electron chi connectivity index (χ2n) is 5.50. The molecule has 142 valence electrons. The van der Waals surface area contributed by atoms with Crippen molar-refractivity contribution in [3.8, 4) is 0 Å². The zero-order valence-corrected chi connectivity index (χ0v) is 15.1. The van der Waals surface area contributed by atoms with Gasteiger partial charge in [0.05, 0.1) is 13.2 Å². The van der Waals surface area contributed by atoms with Crippen LogP contribution in [-0.2, 0) is 24.8 Å². The number of H-pyrrole nitrogens is 1. The number of aromatic amines is 1. The smallest absolute Gasteiger partial charge is 0.290 e. The summed E-state index contributed by atoms with van der Waals surface area (Å²) in [6, 6.07) is 1.63. The molecule has 2 heterocycles. The lowest BCUT2D eigenvalue weighted by Gasteiger charge is -2.21. The van der Waals surface area contributed by atoms with E-state index >= 15 is 0 Å². The highest BCUT2D eigenvalue weighted by atomic mass is 16.3. The molecular formula is C17H24N4O5. The summed E-state index contributed by atoms with van der Waals surface area (Å²) in [5.41, 5.74) is 1.60. The maximum Gasteiger partial charge on any atom is 0.290 e. The molecule has 0 saturated heterocycles. The third-order valence-electron chi connectivity index (χ3n) is 3.87. The average molecular weight is 364 g/mol. The van der Waals surface area contributed by atoms with Crippen molar-refractivity contribution >= 4 is 12.4 Å². The van der Waals surface area contributed by atoms with Gasteiger partial charge in [0.25, 0.3) is 17.9 Å². The normalized spacial score (nSPS) is 10.0. The van der Waals surface area contributed by atoms with E-state index in [0.29, 0.717) is 5.82 Å². The molecule has 2 rings (SSSR count). The van der Waals surface area contributed by atoms with E-state index in [1.165, 1.54) is 9.47 Å². The fourth-order valence-corrected chi connectivity index (χ4v) is 2.71. The summed E-state index contributed by atoms with van der Waals surface area (Å²) in [5.74, 6) is 0.201. The molecule has 2 aromatic rings. The Morgan fingerprint density at radius 3 is 2.62 bits per heavy atom. The van der Waals surface area contributed by atoms with Crippen molar-refractivity contribution in [3.63, 3.8) is 0 Å². The number of hydrogen-bond acceptors (Lipinski definition) is 5. The Hall–Kier alpha value is -2.94. The van der Waals surface area contributed by atoms with Gasteiger partial charge in [-0.05, 0) is 25.0 Å². The van der Waals surface area contributed by atoms with E-state index < -0.39 is 5.91 Å². The topological polar surface area (TPSA) is 129 Å². The molecule has 0 unspecified atom stereocenters. The minimum atomic E-state index is -0.401. The quantitative estimate of drug-likeness (QED) is 0.633. The number of imidazole rings is 1. The van der Waals surface area contributed by atoms with Crippen molar-refractivity contribution < 1.29 is 19.8 Å². The number of aliphatic hydroxyl groups is 1. The maximum atomic E-state index is 12.7. The van der Waals surface area contributed by atoms with Crippen LogP contribution in [0.1, 0.15) is 34.4 Å².